The van der Waals surface area contributed by atoms with Gasteiger partial charge in [-0.25, -0.2) is 4.79 Å². The van der Waals surface area contributed by atoms with Gasteiger partial charge in [-0.15, -0.1) is 11.8 Å². The molecule has 1 aromatic carbocycles. The Kier molecular flexibility index (Phi) is 5.36. The van der Waals surface area contributed by atoms with Gasteiger partial charge in [0.25, 0.3) is 11.8 Å². The normalized spacial score (nSPS) is 29.8. The Morgan fingerprint density at radius 2 is 1.93 bits per heavy atom. The fourth-order valence-corrected chi connectivity index (χ4v) is 5.76. The van der Waals surface area contributed by atoms with Crippen LogP contribution in [0.25, 0.3) is 0 Å². The number of hydrogen-bond acceptors (Lipinski definition) is 4. The molecule has 4 amide bonds. The number of fused-ring (bicyclic) bond motifs is 1. The zero-order chi connectivity index (χ0) is 19.7. The van der Waals surface area contributed by atoms with Crippen LogP contribution in [0.1, 0.15) is 49.4 Å². The topological polar surface area (TPSA) is 78.5 Å². The standard InChI is InChI=1S/C21H27N3O3S/c1-21(19(26)22-20(27)23-21)13-28-17-9-5-4-8-16(17)18(25)24-11-10-14-6-2-3-7-15(14)12-24/h4-5,8-9,14-15H,2-3,6-7,10-13H2,1H3,(H2,22,23,26,27)/t14-,15+,21+/m0/s1. The third-order valence-corrected chi connectivity index (χ3v) is 7.72. The number of piperidine rings is 1. The van der Waals surface area contributed by atoms with E-state index in [1.54, 1.807) is 6.92 Å². The molecule has 0 bridgehead atoms. The summed E-state index contributed by atoms with van der Waals surface area (Å²) in [5.74, 6) is 1.55. The van der Waals surface area contributed by atoms with E-state index in [1.165, 1.54) is 37.4 Å². The maximum atomic E-state index is 13.3. The zero-order valence-electron chi connectivity index (χ0n) is 16.2. The lowest BCUT2D eigenvalue weighted by molar-refractivity contribution is -0.122. The SMILES string of the molecule is C[C@]1(CSc2ccccc2C(=O)N2CC[C@@H]3CCCC[C@@H]3C2)NC(=O)NC1=O. The third-order valence-electron chi connectivity index (χ3n) is 6.33. The summed E-state index contributed by atoms with van der Waals surface area (Å²) in [5.41, 5.74) is -0.270. The van der Waals surface area contributed by atoms with Crippen LogP contribution in [0, 0.1) is 11.8 Å². The van der Waals surface area contributed by atoms with Gasteiger partial charge < -0.3 is 10.2 Å². The van der Waals surface area contributed by atoms with Crippen LogP contribution in [0.2, 0.25) is 0 Å². The van der Waals surface area contributed by atoms with E-state index in [2.05, 4.69) is 10.6 Å². The molecular formula is C21H27N3O3S. The van der Waals surface area contributed by atoms with E-state index in [9.17, 15) is 14.4 Å². The molecule has 150 valence electrons. The Morgan fingerprint density at radius 3 is 2.68 bits per heavy atom. The van der Waals surface area contributed by atoms with E-state index in [0.29, 0.717) is 17.2 Å². The molecule has 3 aliphatic rings. The van der Waals surface area contributed by atoms with Gasteiger partial charge in [-0.2, -0.15) is 0 Å². The molecule has 1 saturated carbocycles. The van der Waals surface area contributed by atoms with Crippen molar-refractivity contribution in [2.75, 3.05) is 18.8 Å². The second kappa shape index (κ2) is 7.78. The average molecular weight is 402 g/mol. The van der Waals surface area contributed by atoms with E-state index >= 15 is 0 Å². The van der Waals surface area contributed by atoms with Crippen molar-refractivity contribution in [3.05, 3.63) is 29.8 Å². The van der Waals surface area contributed by atoms with Crippen molar-refractivity contribution < 1.29 is 14.4 Å². The monoisotopic (exact) mass is 401 g/mol. The summed E-state index contributed by atoms with van der Waals surface area (Å²) >= 11 is 1.44. The fraction of sp³-hybridized carbons (Fsp3) is 0.571. The number of rotatable bonds is 4. The summed E-state index contributed by atoms with van der Waals surface area (Å²) in [6.07, 6.45) is 6.26. The van der Waals surface area contributed by atoms with Crippen molar-refractivity contribution in [3.63, 3.8) is 0 Å². The molecular weight excluding hydrogens is 374 g/mol. The molecule has 0 aromatic heterocycles. The van der Waals surface area contributed by atoms with Gasteiger partial charge in [-0.1, -0.05) is 31.4 Å². The van der Waals surface area contributed by atoms with Gasteiger partial charge in [-0.3, -0.25) is 14.9 Å². The molecule has 4 rings (SSSR count). The molecule has 28 heavy (non-hydrogen) atoms. The van der Waals surface area contributed by atoms with Gasteiger partial charge in [0.1, 0.15) is 5.54 Å². The number of urea groups is 1. The maximum Gasteiger partial charge on any atom is 0.322 e. The Balaban J connectivity index is 1.46. The van der Waals surface area contributed by atoms with Crippen LogP contribution in [0.3, 0.4) is 0 Å². The van der Waals surface area contributed by atoms with Crippen molar-refractivity contribution in [2.24, 2.45) is 11.8 Å². The number of carbonyl (C=O) groups excluding carboxylic acids is 3. The molecule has 0 unspecified atom stereocenters. The van der Waals surface area contributed by atoms with Gasteiger partial charge in [0.15, 0.2) is 0 Å². The van der Waals surface area contributed by atoms with Crippen LogP contribution in [-0.2, 0) is 4.79 Å². The summed E-state index contributed by atoms with van der Waals surface area (Å²) in [6, 6.07) is 7.11. The highest BCUT2D eigenvalue weighted by Crippen LogP contribution is 2.37. The number of amides is 4. The Morgan fingerprint density at radius 1 is 1.18 bits per heavy atom. The number of thioether (sulfide) groups is 1. The molecule has 6 nitrogen and oxygen atoms in total. The molecule has 0 radical (unpaired) electrons. The molecule has 2 N–H and O–H groups in total. The van der Waals surface area contributed by atoms with Crippen LogP contribution in [-0.4, -0.2) is 47.1 Å². The number of likely N-dealkylation sites (tertiary alicyclic amines) is 1. The van der Waals surface area contributed by atoms with E-state index in [1.807, 2.05) is 29.2 Å². The van der Waals surface area contributed by atoms with Crippen molar-refractivity contribution in [3.8, 4) is 0 Å². The molecule has 3 atom stereocenters. The minimum Gasteiger partial charge on any atom is -0.338 e. The first kappa shape index (κ1) is 19.3. The van der Waals surface area contributed by atoms with Crippen molar-refractivity contribution in [1.29, 1.82) is 0 Å². The van der Waals surface area contributed by atoms with Gasteiger partial charge in [-0.05, 0) is 43.7 Å². The van der Waals surface area contributed by atoms with Crippen LogP contribution in [0.4, 0.5) is 4.79 Å². The number of carbonyl (C=O) groups is 3. The summed E-state index contributed by atoms with van der Waals surface area (Å²) in [5, 5.41) is 4.96. The first-order chi connectivity index (χ1) is 13.5. The first-order valence-corrected chi connectivity index (χ1v) is 11.1. The lowest BCUT2D eigenvalue weighted by atomic mass is 9.75. The predicted octanol–water partition coefficient (Wildman–Crippen LogP) is 3.03. The fourth-order valence-electron chi connectivity index (χ4n) is 4.63. The maximum absolute atomic E-state index is 13.3. The zero-order valence-corrected chi connectivity index (χ0v) is 17.0. The smallest absolute Gasteiger partial charge is 0.322 e. The van der Waals surface area contributed by atoms with E-state index in [4.69, 9.17) is 0 Å². The predicted molar refractivity (Wildman–Crippen MR) is 108 cm³/mol. The lowest BCUT2D eigenvalue weighted by Crippen LogP contribution is -2.46. The number of nitrogens with zero attached hydrogens (tertiary/aromatic N) is 1. The quantitative estimate of drug-likeness (QED) is 0.600. The molecule has 0 spiro atoms. The van der Waals surface area contributed by atoms with E-state index < -0.39 is 11.6 Å². The number of imide groups is 1. The summed E-state index contributed by atoms with van der Waals surface area (Å²) < 4.78 is 0. The van der Waals surface area contributed by atoms with Crippen molar-refractivity contribution in [1.82, 2.24) is 15.5 Å². The van der Waals surface area contributed by atoms with Crippen LogP contribution in [0.5, 0.6) is 0 Å². The molecule has 1 aromatic rings. The molecule has 2 saturated heterocycles. The van der Waals surface area contributed by atoms with Crippen LogP contribution < -0.4 is 10.6 Å². The second-order valence-corrected chi connectivity index (χ2v) is 9.39. The molecule has 2 aliphatic heterocycles. The summed E-state index contributed by atoms with van der Waals surface area (Å²) in [4.78, 5) is 39.6. The number of benzene rings is 1. The van der Waals surface area contributed by atoms with Gasteiger partial charge in [0, 0.05) is 23.7 Å². The minimum atomic E-state index is -0.960. The molecule has 3 fully saturated rings. The summed E-state index contributed by atoms with van der Waals surface area (Å²) in [7, 11) is 0. The highest BCUT2D eigenvalue weighted by molar-refractivity contribution is 7.99. The highest BCUT2D eigenvalue weighted by atomic mass is 32.2. The van der Waals surface area contributed by atoms with Crippen molar-refractivity contribution >= 4 is 29.6 Å². The Hall–Kier alpha value is -2.02. The van der Waals surface area contributed by atoms with E-state index in [-0.39, 0.29) is 11.8 Å². The number of hydrogen-bond donors (Lipinski definition) is 2. The van der Waals surface area contributed by atoms with Crippen molar-refractivity contribution in [2.45, 2.75) is 49.5 Å². The van der Waals surface area contributed by atoms with Crippen LogP contribution in [0.15, 0.2) is 29.2 Å². The van der Waals surface area contributed by atoms with Crippen LogP contribution >= 0.6 is 11.8 Å². The largest absolute Gasteiger partial charge is 0.338 e. The van der Waals surface area contributed by atoms with Gasteiger partial charge in [0.05, 0.1) is 5.56 Å². The Labute approximate surface area is 169 Å². The molecule has 2 heterocycles. The molecule has 1 aliphatic carbocycles. The van der Waals surface area contributed by atoms with Gasteiger partial charge in [0.2, 0.25) is 0 Å². The summed E-state index contributed by atoms with van der Waals surface area (Å²) in [6.45, 7) is 3.40. The minimum absolute atomic E-state index is 0.0807. The average Bonchev–Trinajstić information content (AvgIpc) is 2.97. The number of nitrogens with one attached hydrogen (secondary N) is 2. The second-order valence-electron chi connectivity index (χ2n) is 8.37. The highest BCUT2D eigenvalue weighted by Gasteiger charge is 2.42. The third kappa shape index (κ3) is 3.77. The Bertz CT molecular complexity index is 799. The first-order valence-electron chi connectivity index (χ1n) is 10.1. The van der Waals surface area contributed by atoms with Gasteiger partial charge >= 0.3 is 6.03 Å². The van der Waals surface area contributed by atoms with E-state index in [0.717, 1.165) is 30.3 Å². The molecule has 7 heteroatoms. The lowest BCUT2D eigenvalue weighted by Gasteiger charge is -2.41.